The van der Waals surface area contributed by atoms with Gasteiger partial charge in [0.15, 0.2) is 0 Å². The molecule has 0 amide bonds. The van der Waals surface area contributed by atoms with Crippen LogP contribution in [0.2, 0.25) is 0 Å². The largest absolute Gasteiger partial charge is 0.388 e. The molecule has 2 nitrogen and oxygen atoms in total. The van der Waals surface area contributed by atoms with Crippen LogP contribution in [0.5, 0.6) is 0 Å². The lowest BCUT2D eigenvalue weighted by Crippen LogP contribution is -2.44. The highest BCUT2D eigenvalue weighted by Gasteiger charge is 2.37. The quantitative estimate of drug-likeness (QED) is 0.675. The summed E-state index contributed by atoms with van der Waals surface area (Å²) in [4.78, 5) is 0. The van der Waals surface area contributed by atoms with Crippen molar-refractivity contribution >= 4 is 0 Å². The fraction of sp³-hybridized carbons (Fsp3) is 1.00. The molecule has 0 bridgehead atoms. The summed E-state index contributed by atoms with van der Waals surface area (Å²) in [6, 6.07) is 0.474. The Labute approximate surface area is 75.4 Å². The van der Waals surface area contributed by atoms with Gasteiger partial charge in [0.05, 0.1) is 5.60 Å². The molecule has 1 saturated carbocycles. The Hall–Kier alpha value is -0.0800. The van der Waals surface area contributed by atoms with E-state index in [1.807, 2.05) is 0 Å². The molecule has 0 heterocycles. The normalized spacial score (nSPS) is 36.2. The Bertz CT molecular complexity index is 147. The molecule has 1 fully saturated rings. The SMILES string of the molecule is CC(C)NCC1(O)CCCC1C. The van der Waals surface area contributed by atoms with E-state index >= 15 is 0 Å². The highest BCUT2D eigenvalue weighted by atomic mass is 16.3. The van der Waals surface area contributed by atoms with Crippen LogP contribution < -0.4 is 5.32 Å². The third-order valence-electron chi connectivity index (χ3n) is 2.98. The first-order valence-electron chi connectivity index (χ1n) is 5.00. The van der Waals surface area contributed by atoms with E-state index in [-0.39, 0.29) is 0 Å². The molecule has 0 spiro atoms. The maximum Gasteiger partial charge on any atom is 0.0796 e. The van der Waals surface area contributed by atoms with Crippen molar-refractivity contribution in [1.29, 1.82) is 0 Å². The fourth-order valence-electron chi connectivity index (χ4n) is 1.87. The first-order chi connectivity index (χ1) is 5.54. The summed E-state index contributed by atoms with van der Waals surface area (Å²) < 4.78 is 0. The van der Waals surface area contributed by atoms with E-state index in [0.29, 0.717) is 12.0 Å². The minimum Gasteiger partial charge on any atom is -0.388 e. The molecule has 0 radical (unpaired) electrons. The van der Waals surface area contributed by atoms with Gasteiger partial charge in [-0.25, -0.2) is 0 Å². The van der Waals surface area contributed by atoms with E-state index in [0.717, 1.165) is 13.0 Å². The lowest BCUT2D eigenvalue weighted by Gasteiger charge is -2.29. The summed E-state index contributed by atoms with van der Waals surface area (Å²) in [5, 5.41) is 13.5. The Morgan fingerprint density at radius 1 is 1.58 bits per heavy atom. The molecular formula is C10H21NO. The molecule has 0 aliphatic heterocycles. The summed E-state index contributed by atoms with van der Waals surface area (Å²) in [5.41, 5.74) is -0.426. The van der Waals surface area contributed by atoms with Crippen LogP contribution in [0.3, 0.4) is 0 Å². The number of hydrogen-bond acceptors (Lipinski definition) is 2. The Kier molecular flexibility index (Phi) is 3.13. The monoisotopic (exact) mass is 171 g/mol. The molecule has 0 aromatic rings. The molecule has 0 aromatic heterocycles. The van der Waals surface area contributed by atoms with Crippen LogP contribution in [0, 0.1) is 5.92 Å². The first kappa shape index (κ1) is 10.0. The number of aliphatic hydroxyl groups is 1. The van der Waals surface area contributed by atoms with Crippen molar-refractivity contribution in [3.05, 3.63) is 0 Å². The Morgan fingerprint density at radius 2 is 2.25 bits per heavy atom. The fourth-order valence-corrected chi connectivity index (χ4v) is 1.87. The topological polar surface area (TPSA) is 32.3 Å². The average Bonchev–Trinajstić information content (AvgIpc) is 2.30. The van der Waals surface area contributed by atoms with E-state index in [9.17, 15) is 5.11 Å². The van der Waals surface area contributed by atoms with Gasteiger partial charge in [-0.3, -0.25) is 0 Å². The number of rotatable bonds is 3. The predicted molar refractivity (Wildman–Crippen MR) is 51.1 cm³/mol. The molecule has 1 aliphatic carbocycles. The van der Waals surface area contributed by atoms with E-state index in [1.54, 1.807) is 0 Å². The van der Waals surface area contributed by atoms with Crippen LogP contribution in [0.25, 0.3) is 0 Å². The van der Waals surface area contributed by atoms with Crippen LogP contribution in [-0.4, -0.2) is 23.3 Å². The minimum atomic E-state index is -0.426. The van der Waals surface area contributed by atoms with Gasteiger partial charge in [0.1, 0.15) is 0 Å². The van der Waals surface area contributed by atoms with Gasteiger partial charge in [-0.15, -0.1) is 0 Å². The maximum atomic E-state index is 10.1. The van der Waals surface area contributed by atoms with E-state index in [2.05, 4.69) is 26.1 Å². The van der Waals surface area contributed by atoms with Crippen molar-refractivity contribution in [2.24, 2.45) is 5.92 Å². The van der Waals surface area contributed by atoms with Crippen molar-refractivity contribution in [1.82, 2.24) is 5.32 Å². The zero-order valence-electron chi connectivity index (χ0n) is 8.43. The van der Waals surface area contributed by atoms with Gasteiger partial charge in [0, 0.05) is 12.6 Å². The standard InChI is InChI=1S/C10H21NO/c1-8(2)11-7-10(12)6-4-5-9(10)3/h8-9,11-12H,4-7H2,1-3H3. The molecule has 12 heavy (non-hydrogen) atoms. The van der Waals surface area contributed by atoms with Crippen LogP contribution in [0.1, 0.15) is 40.0 Å². The first-order valence-corrected chi connectivity index (χ1v) is 5.00. The second kappa shape index (κ2) is 3.75. The molecular weight excluding hydrogens is 150 g/mol. The molecule has 72 valence electrons. The second-order valence-electron chi connectivity index (χ2n) is 4.43. The minimum absolute atomic E-state index is 0.426. The summed E-state index contributed by atoms with van der Waals surface area (Å²) in [6.07, 6.45) is 3.32. The molecule has 2 N–H and O–H groups in total. The lowest BCUT2D eigenvalue weighted by atomic mass is 9.92. The zero-order chi connectivity index (χ0) is 9.19. The highest BCUT2D eigenvalue weighted by Crippen LogP contribution is 2.34. The van der Waals surface area contributed by atoms with Gasteiger partial charge in [0.25, 0.3) is 0 Å². The third-order valence-corrected chi connectivity index (χ3v) is 2.98. The second-order valence-corrected chi connectivity index (χ2v) is 4.43. The molecule has 0 saturated heterocycles. The maximum absolute atomic E-state index is 10.1. The smallest absolute Gasteiger partial charge is 0.0796 e. The molecule has 2 unspecified atom stereocenters. The van der Waals surface area contributed by atoms with Crippen molar-refractivity contribution < 1.29 is 5.11 Å². The zero-order valence-corrected chi connectivity index (χ0v) is 8.43. The van der Waals surface area contributed by atoms with Gasteiger partial charge >= 0.3 is 0 Å². The predicted octanol–water partition coefficient (Wildman–Crippen LogP) is 1.54. The van der Waals surface area contributed by atoms with Crippen LogP contribution >= 0.6 is 0 Å². The molecule has 2 atom stereocenters. The van der Waals surface area contributed by atoms with Crippen molar-refractivity contribution in [3.63, 3.8) is 0 Å². The Balaban J connectivity index is 2.37. The van der Waals surface area contributed by atoms with E-state index < -0.39 is 5.60 Å². The van der Waals surface area contributed by atoms with Gasteiger partial charge in [0.2, 0.25) is 0 Å². The van der Waals surface area contributed by atoms with Gasteiger partial charge in [-0.2, -0.15) is 0 Å². The number of hydrogen-bond donors (Lipinski definition) is 2. The van der Waals surface area contributed by atoms with E-state index in [1.165, 1.54) is 12.8 Å². The van der Waals surface area contributed by atoms with Crippen molar-refractivity contribution in [2.45, 2.75) is 51.7 Å². The van der Waals surface area contributed by atoms with E-state index in [4.69, 9.17) is 0 Å². The molecule has 1 rings (SSSR count). The third kappa shape index (κ3) is 2.20. The van der Waals surface area contributed by atoms with Gasteiger partial charge < -0.3 is 10.4 Å². The van der Waals surface area contributed by atoms with Gasteiger partial charge in [-0.05, 0) is 18.8 Å². The number of nitrogens with one attached hydrogen (secondary N) is 1. The summed E-state index contributed by atoms with van der Waals surface area (Å²) in [6.45, 7) is 7.13. The van der Waals surface area contributed by atoms with Gasteiger partial charge in [-0.1, -0.05) is 27.2 Å². The average molecular weight is 171 g/mol. The molecule has 1 aliphatic rings. The molecule has 2 heteroatoms. The summed E-state index contributed by atoms with van der Waals surface area (Å²) in [5.74, 6) is 0.462. The summed E-state index contributed by atoms with van der Waals surface area (Å²) in [7, 11) is 0. The van der Waals surface area contributed by atoms with Crippen molar-refractivity contribution in [3.8, 4) is 0 Å². The summed E-state index contributed by atoms with van der Waals surface area (Å²) >= 11 is 0. The lowest BCUT2D eigenvalue weighted by molar-refractivity contribution is 0.00840. The van der Waals surface area contributed by atoms with Crippen LogP contribution in [0.15, 0.2) is 0 Å². The van der Waals surface area contributed by atoms with Crippen LogP contribution in [-0.2, 0) is 0 Å². The van der Waals surface area contributed by atoms with Crippen molar-refractivity contribution in [2.75, 3.05) is 6.54 Å². The highest BCUT2D eigenvalue weighted by molar-refractivity contribution is 4.91. The molecule has 0 aromatic carbocycles. The Morgan fingerprint density at radius 3 is 2.67 bits per heavy atom. The van der Waals surface area contributed by atoms with Crippen LogP contribution in [0.4, 0.5) is 0 Å².